The van der Waals surface area contributed by atoms with Crippen LogP contribution < -0.4 is 5.32 Å². The van der Waals surface area contributed by atoms with Crippen LogP contribution in [0, 0.1) is 5.92 Å². The molecule has 1 atom stereocenters. The molecule has 0 saturated heterocycles. The molecule has 1 N–H and O–H groups in total. The van der Waals surface area contributed by atoms with Crippen molar-refractivity contribution >= 4 is 33.0 Å². The van der Waals surface area contributed by atoms with Gasteiger partial charge in [0.1, 0.15) is 22.8 Å². The first-order valence-electron chi connectivity index (χ1n) is 9.07. The van der Waals surface area contributed by atoms with E-state index in [-0.39, 0.29) is 0 Å². The summed E-state index contributed by atoms with van der Waals surface area (Å²) < 4.78 is 2.03. The Hall–Kier alpha value is -2.54. The molecule has 132 valence electrons. The lowest BCUT2D eigenvalue weighted by Gasteiger charge is -2.18. The van der Waals surface area contributed by atoms with Crippen LogP contribution in [-0.2, 0) is 19.3 Å². The van der Waals surface area contributed by atoms with E-state index >= 15 is 0 Å². The van der Waals surface area contributed by atoms with Crippen molar-refractivity contribution in [2.75, 3.05) is 11.9 Å². The van der Waals surface area contributed by atoms with Gasteiger partial charge in [-0.1, -0.05) is 13.0 Å². The quantitative estimate of drug-likeness (QED) is 0.600. The zero-order valence-corrected chi connectivity index (χ0v) is 15.5. The predicted molar refractivity (Wildman–Crippen MR) is 104 cm³/mol. The molecule has 26 heavy (non-hydrogen) atoms. The summed E-state index contributed by atoms with van der Waals surface area (Å²) in [5.74, 6) is 2.68. The van der Waals surface area contributed by atoms with E-state index in [4.69, 9.17) is 0 Å². The highest BCUT2D eigenvalue weighted by Gasteiger charge is 2.22. The molecule has 5 rings (SSSR count). The van der Waals surface area contributed by atoms with Gasteiger partial charge in [-0.2, -0.15) is 0 Å². The van der Waals surface area contributed by atoms with Crippen molar-refractivity contribution in [1.29, 1.82) is 0 Å². The summed E-state index contributed by atoms with van der Waals surface area (Å²) in [6, 6.07) is 5.95. The van der Waals surface area contributed by atoms with E-state index in [0.717, 1.165) is 47.4 Å². The Labute approximate surface area is 155 Å². The number of pyridine rings is 1. The fraction of sp³-hybridized carbons (Fsp3) is 0.368. The second kappa shape index (κ2) is 6.32. The van der Waals surface area contributed by atoms with Gasteiger partial charge < -0.3 is 5.32 Å². The molecule has 4 aromatic heterocycles. The number of hydrogen-bond donors (Lipinski definition) is 1. The third-order valence-electron chi connectivity index (χ3n) is 5.12. The number of nitrogens with one attached hydrogen (secondary N) is 1. The van der Waals surface area contributed by atoms with Crippen molar-refractivity contribution < 1.29 is 0 Å². The van der Waals surface area contributed by atoms with Gasteiger partial charge >= 0.3 is 0 Å². The molecule has 0 aromatic carbocycles. The van der Waals surface area contributed by atoms with E-state index in [0.29, 0.717) is 0 Å². The number of hydrogen-bond acceptors (Lipinski definition) is 6. The van der Waals surface area contributed by atoms with E-state index in [1.54, 1.807) is 6.33 Å². The van der Waals surface area contributed by atoms with E-state index in [1.165, 1.54) is 28.7 Å². The molecule has 6 nitrogen and oxygen atoms in total. The number of anilines is 1. The molecule has 0 bridgehead atoms. The van der Waals surface area contributed by atoms with Crippen LogP contribution in [0.25, 0.3) is 15.9 Å². The average Bonchev–Trinajstić information content (AvgIpc) is 3.23. The molecular formula is C19H20N6S. The van der Waals surface area contributed by atoms with Crippen LogP contribution in [0.5, 0.6) is 0 Å². The van der Waals surface area contributed by atoms with Gasteiger partial charge in [-0.3, -0.25) is 4.40 Å². The van der Waals surface area contributed by atoms with Crippen molar-refractivity contribution in [2.24, 2.45) is 5.92 Å². The van der Waals surface area contributed by atoms with Crippen LogP contribution in [0.3, 0.4) is 0 Å². The third kappa shape index (κ3) is 2.63. The number of aromatic nitrogens is 5. The van der Waals surface area contributed by atoms with Crippen LogP contribution in [-0.4, -0.2) is 31.1 Å². The highest BCUT2D eigenvalue weighted by Crippen LogP contribution is 2.39. The number of nitrogens with zero attached hydrogens (tertiary/aromatic N) is 5. The SMILES string of the molecule is C[C@@H]1CCc2c(sc3ncnc(NCCc4nnc5ccccn45)c23)C1. The molecule has 0 aliphatic heterocycles. The zero-order valence-electron chi connectivity index (χ0n) is 14.6. The monoisotopic (exact) mass is 364 g/mol. The van der Waals surface area contributed by atoms with Gasteiger partial charge in [0, 0.05) is 24.0 Å². The summed E-state index contributed by atoms with van der Waals surface area (Å²) in [6.45, 7) is 3.10. The molecule has 1 aliphatic carbocycles. The first-order valence-corrected chi connectivity index (χ1v) is 9.89. The van der Waals surface area contributed by atoms with Crippen LogP contribution in [0.15, 0.2) is 30.7 Å². The second-order valence-electron chi connectivity index (χ2n) is 6.98. The lowest BCUT2D eigenvalue weighted by Crippen LogP contribution is -2.11. The lowest BCUT2D eigenvalue weighted by atomic mass is 9.89. The normalized spacial score (nSPS) is 16.9. The number of aryl methyl sites for hydroxylation is 1. The van der Waals surface area contributed by atoms with Crippen LogP contribution in [0.4, 0.5) is 5.82 Å². The maximum Gasteiger partial charge on any atom is 0.160 e. The number of thiophene rings is 1. The van der Waals surface area contributed by atoms with Gasteiger partial charge in [0.15, 0.2) is 5.65 Å². The Balaban J connectivity index is 1.40. The Morgan fingerprint density at radius 3 is 3.19 bits per heavy atom. The summed E-state index contributed by atoms with van der Waals surface area (Å²) in [6.07, 6.45) is 8.01. The van der Waals surface area contributed by atoms with E-state index < -0.39 is 0 Å². The number of fused-ring (bicyclic) bond motifs is 4. The smallest absolute Gasteiger partial charge is 0.160 e. The molecule has 0 saturated carbocycles. The standard InChI is InChI=1S/C19H20N6S/c1-12-5-6-13-14(10-12)26-19-17(13)18(21-11-22-19)20-8-7-16-24-23-15-4-2-3-9-25(15)16/h2-4,9,11-12H,5-8,10H2,1H3,(H,20,21,22)/t12-/m1/s1. The first-order chi connectivity index (χ1) is 12.8. The van der Waals surface area contributed by atoms with E-state index in [2.05, 4.69) is 32.4 Å². The molecule has 0 spiro atoms. The fourth-order valence-corrected chi connectivity index (χ4v) is 5.11. The largest absolute Gasteiger partial charge is 0.369 e. The third-order valence-corrected chi connectivity index (χ3v) is 6.28. The predicted octanol–water partition coefficient (Wildman–Crippen LogP) is 3.51. The molecule has 0 unspecified atom stereocenters. The fourth-order valence-electron chi connectivity index (χ4n) is 3.76. The maximum absolute atomic E-state index is 4.53. The van der Waals surface area contributed by atoms with Gasteiger partial charge in [-0.05, 0) is 42.9 Å². The van der Waals surface area contributed by atoms with E-state index in [9.17, 15) is 0 Å². The van der Waals surface area contributed by atoms with Gasteiger partial charge in [-0.25, -0.2) is 9.97 Å². The van der Waals surface area contributed by atoms with Gasteiger partial charge in [0.05, 0.1) is 5.39 Å². The van der Waals surface area contributed by atoms with Crippen molar-refractivity contribution in [2.45, 2.75) is 32.6 Å². The molecule has 1 aliphatic rings. The second-order valence-corrected chi connectivity index (χ2v) is 8.06. The summed E-state index contributed by atoms with van der Waals surface area (Å²) >= 11 is 1.83. The molecule has 7 heteroatoms. The highest BCUT2D eigenvalue weighted by molar-refractivity contribution is 7.19. The molecular weight excluding hydrogens is 344 g/mol. The Kier molecular flexibility index (Phi) is 3.81. The van der Waals surface area contributed by atoms with Crippen molar-refractivity contribution in [3.8, 4) is 0 Å². The summed E-state index contributed by atoms with van der Waals surface area (Å²) in [5.41, 5.74) is 2.34. The Bertz CT molecular complexity index is 1080. The van der Waals surface area contributed by atoms with Gasteiger partial charge in [0.2, 0.25) is 0 Å². The average molecular weight is 364 g/mol. The van der Waals surface area contributed by atoms with Crippen LogP contribution in [0.2, 0.25) is 0 Å². The molecule has 0 fully saturated rings. The summed E-state index contributed by atoms with van der Waals surface area (Å²) in [7, 11) is 0. The first kappa shape index (κ1) is 15.7. The minimum atomic E-state index is 0.765. The molecule has 0 amide bonds. The maximum atomic E-state index is 4.53. The molecule has 4 aromatic rings. The van der Waals surface area contributed by atoms with Crippen molar-refractivity contribution in [3.05, 3.63) is 47.0 Å². The summed E-state index contributed by atoms with van der Waals surface area (Å²) in [4.78, 5) is 11.6. The van der Waals surface area contributed by atoms with E-state index in [1.807, 2.05) is 40.1 Å². The van der Waals surface area contributed by atoms with Crippen LogP contribution in [0.1, 0.15) is 29.6 Å². The highest BCUT2D eigenvalue weighted by atomic mass is 32.1. The Morgan fingerprint density at radius 1 is 1.27 bits per heavy atom. The van der Waals surface area contributed by atoms with Gasteiger partial charge in [-0.15, -0.1) is 21.5 Å². The topological polar surface area (TPSA) is 68.0 Å². The zero-order chi connectivity index (χ0) is 17.5. The van der Waals surface area contributed by atoms with Crippen molar-refractivity contribution in [3.63, 3.8) is 0 Å². The van der Waals surface area contributed by atoms with Gasteiger partial charge in [0.25, 0.3) is 0 Å². The lowest BCUT2D eigenvalue weighted by molar-refractivity contribution is 0.509. The minimum absolute atomic E-state index is 0.765. The van der Waals surface area contributed by atoms with Crippen molar-refractivity contribution in [1.82, 2.24) is 24.6 Å². The summed E-state index contributed by atoms with van der Waals surface area (Å²) in [5, 5.41) is 13.3. The Morgan fingerprint density at radius 2 is 2.23 bits per heavy atom. The minimum Gasteiger partial charge on any atom is -0.369 e. The van der Waals surface area contributed by atoms with Crippen LogP contribution >= 0.6 is 11.3 Å². The molecule has 4 heterocycles. The number of rotatable bonds is 4. The molecule has 0 radical (unpaired) electrons.